The molecule has 3 aromatic rings. The molecule has 0 saturated heterocycles. The topological polar surface area (TPSA) is 134 Å². The molecule has 0 saturated carbocycles. The van der Waals surface area contributed by atoms with Crippen molar-refractivity contribution in [2.45, 2.75) is 19.9 Å². The van der Waals surface area contributed by atoms with Crippen molar-refractivity contribution in [1.82, 2.24) is 19.6 Å². The first-order valence-electron chi connectivity index (χ1n) is 14.2. The molecular formula is C33H28N4O8. The van der Waals surface area contributed by atoms with E-state index in [1.165, 1.54) is 43.2 Å². The Hall–Kier alpha value is -5.78. The van der Waals surface area contributed by atoms with E-state index in [1.54, 1.807) is 55.5 Å². The summed E-state index contributed by atoms with van der Waals surface area (Å²) in [7, 11) is 1.50. The van der Waals surface area contributed by atoms with Gasteiger partial charge in [-0.2, -0.15) is 0 Å². The molecule has 6 amide bonds. The second kappa shape index (κ2) is 11.4. The van der Waals surface area contributed by atoms with Crippen LogP contribution in [0.15, 0.2) is 84.1 Å². The lowest BCUT2D eigenvalue weighted by Crippen LogP contribution is -2.57. The maximum absolute atomic E-state index is 14.5. The number of nitrogens with zero attached hydrogens (tertiary/aromatic N) is 4. The lowest BCUT2D eigenvalue weighted by Gasteiger charge is -2.44. The number of ether oxygens (including phenoxy) is 2. The van der Waals surface area contributed by atoms with Gasteiger partial charge in [0.05, 0.1) is 47.6 Å². The summed E-state index contributed by atoms with van der Waals surface area (Å²) in [6.45, 7) is 2.13. The van der Waals surface area contributed by atoms with Crippen molar-refractivity contribution in [2.24, 2.45) is 0 Å². The van der Waals surface area contributed by atoms with Crippen LogP contribution in [0.3, 0.4) is 0 Å². The Morgan fingerprint density at radius 1 is 0.689 bits per heavy atom. The molecule has 12 nitrogen and oxygen atoms in total. The SMILES string of the molecule is CCOC(=O)C1=C(C)N(CN2C(=O)c3ccccc3C2=O)C(=O)N(CN2C(=O)c3ccccc3C2=O)C1c1ccc(OC)cc1. The van der Waals surface area contributed by atoms with Gasteiger partial charge in [-0.15, -0.1) is 0 Å². The van der Waals surface area contributed by atoms with E-state index in [1.807, 2.05) is 0 Å². The van der Waals surface area contributed by atoms with Crippen LogP contribution in [0.5, 0.6) is 5.75 Å². The number of rotatable bonds is 8. The minimum Gasteiger partial charge on any atom is -0.497 e. The van der Waals surface area contributed by atoms with Crippen molar-refractivity contribution in [3.05, 3.63) is 112 Å². The molecule has 0 radical (unpaired) electrons. The first-order valence-corrected chi connectivity index (χ1v) is 14.2. The molecule has 45 heavy (non-hydrogen) atoms. The summed E-state index contributed by atoms with van der Waals surface area (Å²) in [6.07, 6.45) is 0. The predicted octanol–water partition coefficient (Wildman–Crippen LogP) is 3.82. The summed E-state index contributed by atoms with van der Waals surface area (Å²) >= 11 is 0. The van der Waals surface area contributed by atoms with Gasteiger partial charge in [0.25, 0.3) is 23.6 Å². The van der Waals surface area contributed by atoms with Crippen LogP contribution >= 0.6 is 0 Å². The van der Waals surface area contributed by atoms with E-state index in [0.29, 0.717) is 11.3 Å². The quantitative estimate of drug-likeness (QED) is 0.278. The van der Waals surface area contributed by atoms with E-state index < -0.39 is 55.0 Å². The van der Waals surface area contributed by atoms with Crippen LogP contribution in [0.2, 0.25) is 0 Å². The Bertz CT molecular complexity index is 1750. The third-order valence-corrected chi connectivity index (χ3v) is 8.12. The number of methoxy groups -OCH3 is 1. The molecule has 0 bridgehead atoms. The molecule has 1 unspecified atom stereocenters. The van der Waals surface area contributed by atoms with E-state index in [9.17, 15) is 28.8 Å². The highest BCUT2D eigenvalue weighted by atomic mass is 16.5. The maximum Gasteiger partial charge on any atom is 0.338 e. The molecule has 0 aliphatic carbocycles. The zero-order valence-electron chi connectivity index (χ0n) is 24.7. The Morgan fingerprint density at radius 3 is 1.60 bits per heavy atom. The van der Waals surface area contributed by atoms with Gasteiger partial charge in [0, 0.05) is 5.70 Å². The molecule has 3 heterocycles. The second-order valence-corrected chi connectivity index (χ2v) is 10.5. The number of benzene rings is 3. The van der Waals surface area contributed by atoms with E-state index >= 15 is 0 Å². The van der Waals surface area contributed by atoms with Crippen molar-refractivity contribution in [3.63, 3.8) is 0 Å². The van der Waals surface area contributed by atoms with Crippen LogP contribution < -0.4 is 4.74 Å². The summed E-state index contributed by atoms with van der Waals surface area (Å²) in [6, 6.07) is 17.4. The minimum atomic E-state index is -1.11. The first-order chi connectivity index (χ1) is 21.7. The van der Waals surface area contributed by atoms with Crippen LogP contribution in [0, 0.1) is 0 Å². The molecule has 3 aliphatic heterocycles. The minimum absolute atomic E-state index is 0.0235. The molecule has 3 aliphatic rings. The zero-order chi connectivity index (χ0) is 32.0. The maximum atomic E-state index is 14.5. The van der Waals surface area contributed by atoms with Crippen molar-refractivity contribution >= 4 is 35.6 Å². The summed E-state index contributed by atoms with van der Waals surface area (Å²) in [5.41, 5.74) is 1.42. The smallest absolute Gasteiger partial charge is 0.338 e. The van der Waals surface area contributed by atoms with Gasteiger partial charge in [-0.1, -0.05) is 36.4 Å². The second-order valence-electron chi connectivity index (χ2n) is 10.5. The monoisotopic (exact) mass is 608 g/mol. The highest BCUT2D eigenvalue weighted by Gasteiger charge is 2.47. The lowest BCUT2D eigenvalue weighted by molar-refractivity contribution is -0.139. The molecule has 0 fully saturated rings. The molecule has 6 rings (SSSR count). The number of hydrogen-bond donors (Lipinski definition) is 0. The molecule has 1 atom stereocenters. The Labute approximate surface area is 258 Å². The average molecular weight is 609 g/mol. The van der Waals surface area contributed by atoms with E-state index in [-0.39, 0.29) is 40.1 Å². The molecule has 228 valence electrons. The third-order valence-electron chi connectivity index (χ3n) is 8.12. The molecule has 0 N–H and O–H groups in total. The number of esters is 1. The van der Waals surface area contributed by atoms with Crippen LogP contribution in [0.1, 0.15) is 66.9 Å². The largest absolute Gasteiger partial charge is 0.497 e. The average Bonchev–Trinajstić information content (AvgIpc) is 3.44. The summed E-state index contributed by atoms with van der Waals surface area (Å²) in [4.78, 5) is 85.6. The lowest BCUT2D eigenvalue weighted by atomic mass is 9.93. The molecule has 0 spiro atoms. The molecule has 0 aromatic heterocycles. The number of hydrogen-bond acceptors (Lipinski definition) is 8. The van der Waals surface area contributed by atoms with Gasteiger partial charge in [0.15, 0.2) is 0 Å². The van der Waals surface area contributed by atoms with Gasteiger partial charge in [-0.3, -0.25) is 38.8 Å². The van der Waals surface area contributed by atoms with E-state index in [0.717, 1.165) is 14.7 Å². The van der Waals surface area contributed by atoms with E-state index in [2.05, 4.69) is 0 Å². The number of imide groups is 2. The van der Waals surface area contributed by atoms with Crippen molar-refractivity contribution in [3.8, 4) is 5.75 Å². The van der Waals surface area contributed by atoms with Gasteiger partial charge in [-0.05, 0) is 55.8 Å². The highest BCUT2D eigenvalue weighted by Crippen LogP contribution is 2.40. The van der Waals surface area contributed by atoms with Crippen LogP contribution in [0.4, 0.5) is 4.79 Å². The molecule has 12 heteroatoms. The highest BCUT2D eigenvalue weighted by molar-refractivity contribution is 6.22. The first kappa shape index (κ1) is 29.3. The molecular weight excluding hydrogens is 580 g/mol. The Morgan fingerprint density at radius 2 is 1.16 bits per heavy atom. The number of amides is 6. The van der Waals surface area contributed by atoms with Crippen LogP contribution in [-0.4, -0.2) is 82.3 Å². The standard InChI is InChI=1S/C33H28N4O8/c1-4-45-32(42)26-19(2)34(17-36-28(38)22-9-5-6-10-23(22)29(36)39)33(43)35(27(26)20-13-15-21(44-3)16-14-20)18-37-30(40)24-11-7-8-12-25(24)31(37)41/h5-16,27H,4,17-18H2,1-3H3. The Balaban J connectivity index is 1.46. The van der Waals surface area contributed by atoms with Gasteiger partial charge in [0.1, 0.15) is 19.1 Å². The number of urea groups is 1. The number of carbonyl (C=O) groups excluding carboxylic acids is 6. The fourth-order valence-corrected chi connectivity index (χ4v) is 5.85. The summed E-state index contributed by atoms with van der Waals surface area (Å²) in [5.74, 6) is -2.63. The Kier molecular flexibility index (Phi) is 7.41. The van der Waals surface area contributed by atoms with Gasteiger partial charge in [0.2, 0.25) is 0 Å². The van der Waals surface area contributed by atoms with Crippen molar-refractivity contribution < 1.29 is 38.2 Å². The normalized spacial score (nSPS) is 17.8. The summed E-state index contributed by atoms with van der Waals surface area (Å²) in [5, 5.41) is 0. The number of carbonyl (C=O) groups is 6. The van der Waals surface area contributed by atoms with Crippen LogP contribution in [-0.2, 0) is 9.53 Å². The van der Waals surface area contributed by atoms with Gasteiger partial charge < -0.3 is 9.47 Å². The fraction of sp³-hybridized carbons (Fsp3) is 0.212. The third kappa shape index (κ3) is 4.71. The van der Waals surface area contributed by atoms with Crippen molar-refractivity contribution in [1.29, 1.82) is 0 Å². The summed E-state index contributed by atoms with van der Waals surface area (Å²) < 4.78 is 10.7. The number of fused-ring (bicyclic) bond motifs is 2. The van der Waals surface area contributed by atoms with Gasteiger partial charge in [-0.25, -0.2) is 9.59 Å². The van der Waals surface area contributed by atoms with Crippen molar-refractivity contribution in [2.75, 3.05) is 27.1 Å². The fourth-order valence-electron chi connectivity index (χ4n) is 5.85. The van der Waals surface area contributed by atoms with Gasteiger partial charge >= 0.3 is 12.0 Å². The zero-order valence-corrected chi connectivity index (χ0v) is 24.7. The molecule has 3 aromatic carbocycles. The predicted molar refractivity (Wildman–Crippen MR) is 158 cm³/mol. The van der Waals surface area contributed by atoms with Crippen LogP contribution in [0.25, 0.3) is 0 Å². The van der Waals surface area contributed by atoms with E-state index in [4.69, 9.17) is 9.47 Å². The number of allylic oxidation sites excluding steroid dienone is 1.